The van der Waals surface area contributed by atoms with Crippen LogP contribution in [0, 0.1) is 5.92 Å². The Morgan fingerprint density at radius 1 is 1.15 bits per heavy atom. The van der Waals surface area contributed by atoms with Crippen molar-refractivity contribution in [3.63, 3.8) is 0 Å². The van der Waals surface area contributed by atoms with Crippen LogP contribution in [-0.2, 0) is 11.8 Å². The maximum atomic E-state index is 12.7. The van der Waals surface area contributed by atoms with E-state index in [-0.39, 0.29) is 23.4 Å². The number of hydrogen-bond acceptors (Lipinski definition) is 4. The first-order valence-corrected chi connectivity index (χ1v) is 9.42. The van der Waals surface area contributed by atoms with E-state index in [0.717, 1.165) is 43.9 Å². The third kappa shape index (κ3) is 3.38. The van der Waals surface area contributed by atoms with Crippen molar-refractivity contribution < 1.29 is 4.79 Å². The smallest absolute Gasteiger partial charge is 0.261 e. The van der Waals surface area contributed by atoms with Gasteiger partial charge in [0, 0.05) is 39.1 Å². The molecule has 6 heteroatoms. The van der Waals surface area contributed by atoms with E-state index in [1.165, 1.54) is 0 Å². The third-order valence-electron chi connectivity index (χ3n) is 5.26. The van der Waals surface area contributed by atoms with Gasteiger partial charge in [-0.25, -0.2) is 4.98 Å². The summed E-state index contributed by atoms with van der Waals surface area (Å²) in [6.07, 6.45) is 0.872. The van der Waals surface area contributed by atoms with Gasteiger partial charge in [0.1, 0.15) is 5.82 Å². The highest BCUT2D eigenvalue weighted by Crippen LogP contribution is 2.24. The topological polar surface area (TPSA) is 58.4 Å². The molecule has 140 valence electrons. The maximum absolute atomic E-state index is 12.7. The molecule has 0 N–H and O–H groups in total. The van der Waals surface area contributed by atoms with Gasteiger partial charge >= 0.3 is 0 Å². The molecule has 1 aromatic heterocycles. The Bertz CT molecular complexity index is 851. The van der Waals surface area contributed by atoms with E-state index < -0.39 is 0 Å². The lowest BCUT2D eigenvalue weighted by Crippen LogP contribution is -2.51. The van der Waals surface area contributed by atoms with E-state index in [2.05, 4.69) is 11.8 Å². The predicted molar refractivity (Wildman–Crippen MR) is 103 cm³/mol. The second-order valence-electron chi connectivity index (χ2n) is 7.29. The van der Waals surface area contributed by atoms with Crippen LogP contribution in [-0.4, -0.2) is 51.4 Å². The molecule has 1 aromatic carbocycles. The number of piperazine rings is 1. The maximum Gasteiger partial charge on any atom is 0.261 e. The van der Waals surface area contributed by atoms with Gasteiger partial charge in [-0.15, -0.1) is 0 Å². The second-order valence-corrected chi connectivity index (χ2v) is 7.29. The van der Waals surface area contributed by atoms with Gasteiger partial charge in [-0.2, -0.15) is 0 Å². The van der Waals surface area contributed by atoms with Crippen molar-refractivity contribution in [1.82, 2.24) is 19.4 Å². The number of aromatic nitrogens is 2. The monoisotopic (exact) mass is 356 g/mol. The zero-order chi connectivity index (χ0) is 18.8. The van der Waals surface area contributed by atoms with Gasteiger partial charge in [0.15, 0.2) is 0 Å². The van der Waals surface area contributed by atoms with Gasteiger partial charge < -0.3 is 4.90 Å². The van der Waals surface area contributed by atoms with Crippen molar-refractivity contribution in [2.45, 2.75) is 33.2 Å². The molecule has 26 heavy (non-hydrogen) atoms. The van der Waals surface area contributed by atoms with Crippen molar-refractivity contribution in [2.24, 2.45) is 13.0 Å². The number of carbonyl (C=O) groups is 1. The second kappa shape index (κ2) is 7.58. The van der Waals surface area contributed by atoms with Crippen LogP contribution in [0.5, 0.6) is 0 Å². The highest BCUT2D eigenvalue weighted by molar-refractivity contribution is 5.78. The molecular formula is C20H28N4O2. The van der Waals surface area contributed by atoms with Crippen LogP contribution in [0.25, 0.3) is 10.9 Å². The predicted octanol–water partition coefficient (Wildman–Crippen LogP) is 2.18. The van der Waals surface area contributed by atoms with Crippen molar-refractivity contribution in [1.29, 1.82) is 0 Å². The SMILES string of the molecule is CCC(c1nc2ccccc2c(=O)n1C)N1CCN(C(=O)C(C)C)CC1. The van der Waals surface area contributed by atoms with Gasteiger partial charge in [0.2, 0.25) is 5.91 Å². The molecule has 1 fully saturated rings. The van der Waals surface area contributed by atoms with E-state index in [0.29, 0.717) is 5.39 Å². The molecule has 6 nitrogen and oxygen atoms in total. The van der Waals surface area contributed by atoms with Crippen molar-refractivity contribution >= 4 is 16.8 Å². The molecule has 1 aliphatic heterocycles. The summed E-state index contributed by atoms with van der Waals surface area (Å²) in [7, 11) is 1.80. The number of nitrogens with zero attached hydrogens (tertiary/aromatic N) is 4. The summed E-state index contributed by atoms with van der Waals surface area (Å²) in [6, 6.07) is 7.58. The molecule has 3 rings (SSSR count). The highest BCUT2D eigenvalue weighted by Gasteiger charge is 2.29. The van der Waals surface area contributed by atoms with E-state index >= 15 is 0 Å². The molecule has 0 radical (unpaired) electrons. The largest absolute Gasteiger partial charge is 0.340 e. The molecule has 2 heterocycles. The molecule has 2 aromatic rings. The molecule has 1 atom stereocenters. The molecule has 1 saturated heterocycles. The van der Waals surface area contributed by atoms with E-state index in [1.54, 1.807) is 11.6 Å². The number of fused-ring (bicyclic) bond motifs is 1. The van der Waals surface area contributed by atoms with Crippen LogP contribution in [0.3, 0.4) is 0 Å². The van der Waals surface area contributed by atoms with E-state index in [9.17, 15) is 9.59 Å². The minimum atomic E-state index is -0.00216. The normalized spacial score (nSPS) is 17.0. The minimum Gasteiger partial charge on any atom is -0.340 e. The fourth-order valence-corrected chi connectivity index (χ4v) is 3.76. The Hall–Kier alpha value is -2.21. The Balaban J connectivity index is 1.86. The van der Waals surface area contributed by atoms with Crippen LogP contribution in [0.1, 0.15) is 39.1 Å². The number of amides is 1. The summed E-state index contributed by atoms with van der Waals surface area (Å²) < 4.78 is 1.68. The summed E-state index contributed by atoms with van der Waals surface area (Å²) in [5, 5.41) is 0.654. The van der Waals surface area contributed by atoms with E-state index in [4.69, 9.17) is 4.98 Å². The molecule has 0 bridgehead atoms. The quantitative estimate of drug-likeness (QED) is 0.843. The summed E-state index contributed by atoms with van der Waals surface area (Å²) in [5.74, 6) is 1.06. The van der Waals surface area contributed by atoms with Crippen LogP contribution < -0.4 is 5.56 Å². The Kier molecular flexibility index (Phi) is 5.41. The molecule has 0 aliphatic carbocycles. The Morgan fingerprint density at radius 2 is 1.81 bits per heavy atom. The first-order chi connectivity index (χ1) is 12.4. The van der Waals surface area contributed by atoms with Crippen molar-refractivity contribution in [3.8, 4) is 0 Å². The lowest BCUT2D eigenvalue weighted by atomic mass is 10.1. The first kappa shape index (κ1) is 18.6. The Labute approximate surface area is 154 Å². The lowest BCUT2D eigenvalue weighted by Gasteiger charge is -2.39. The highest BCUT2D eigenvalue weighted by atomic mass is 16.2. The van der Waals surface area contributed by atoms with Crippen LogP contribution in [0.4, 0.5) is 0 Å². The standard InChI is InChI=1S/C20H28N4O2/c1-5-17(23-10-12-24(13-11-23)19(25)14(2)3)18-21-16-9-7-6-8-15(16)20(26)22(18)4/h6-9,14,17H,5,10-13H2,1-4H3. The molecule has 1 aliphatic rings. The number of para-hydroxylation sites is 1. The Morgan fingerprint density at radius 3 is 2.42 bits per heavy atom. The average molecular weight is 356 g/mol. The molecule has 0 saturated carbocycles. The average Bonchev–Trinajstić information content (AvgIpc) is 2.66. The number of hydrogen-bond donors (Lipinski definition) is 0. The zero-order valence-electron chi connectivity index (χ0n) is 16.1. The molecule has 1 unspecified atom stereocenters. The summed E-state index contributed by atoms with van der Waals surface area (Å²) >= 11 is 0. The summed E-state index contributed by atoms with van der Waals surface area (Å²) in [5.41, 5.74) is 0.746. The number of rotatable bonds is 4. The summed E-state index contributed by atoms with van der Waals surface area (Å²) in [4.78, 5) is 34.0. The first-order valence-electron chi connectivity index (χ1n) is 9.42. The fraction of sp³-hybridized carbons (Fsp3) is 0.550. The van der Waals surface area contributed by atoms with Gasteiger partial charge in [0.25, 0.3) is 5.56 Å². The van der Waals surface area contributed by atoms with E-state index in [1.807, 2.05) is 43.0 Å². The molecule has 0 spiro atoms. The minimum absolute atomic E-state index is 0.00216. The third-order valence-corrected chi connectivity index (χ3v) is 5.26. The van der Waals surface area contributed by atoms with Gasteiger partial charge in [-0.3, -0.25) is 19.1 Å². The van der Waals surface area contributed by atoms with Crippen LogP contribution >= 0.6 is 0 Å². The number of benzene rings is 1. The molecule has 1 amide bonds. The molecular weight excluding hydrogens is 328 g/mol. The van der Waals surface area contributed by atoms with Crippen molar-refractivity contribution in [3.05, 3.63) is 40.4 Å². The summed E-state index contributed by atoms with van der Waals surface area (Å²) in [6.45, 7) is 9.08. The number of carbonyl (C=O) groups excluding carboxylic acids is 1. The van der Waals surface area contributed by atoms with Gasteiger partial charge in [-0.05, 0) is 18.6 Å². The van der Waals surface area contributed by atoms with Crippen LogP contribution in [0.15, 0.2) is 29.1 Å². The van der Waals surface area contributed by atoms with Gasteiger partial charge in [0.05, 0.1) is 16.9 Å². The fourth-order valence-electron chi connectivity index (χ4n) is 3.76. The van der Waals surface area contributed by atoms with Crippen LogP contribution in [0.2, 0.25) is 0 Å². The lowest BCUT2D eigenvalue weighted by molar-refractivity contribution is -0.136. The zero-order valence-corrected chi connectivity index (χ0v) is 16.1. The van der Waals surface area contributed by atoms with Gasteiger partial charge in [-0.1, -0.05) is 32.9 Å². The van der Waals surface area contributed by atoms with Crippen molar-refractivity contribution in [2.75, 3.05) is 26.2 Å².